The van der Waals surface area contributed by atoms with E-state index in [1.54, 1.807) is 6.20 Å². The first-order valence-electron chi connectivity index (χ1n) is 8.29. The molecule has 1 aromatic heterocycles. The standard InChI is InChI=1S/C17H18F3N5O/c18-13-4-3-12(15(19)16(13)20)17(26)22-6-5-21-14-9-11(10-23-24-14)25-7-1-2-8-25/h3-4,9-10H,1-2,5-8H2,(H,21,24)(H,22,26). The van der Waals surface area contributed by atoms with Crippen molar-refractivity contribution in [2.45, 2.75) is 12.8 Å². The number of rotatable bonds is 6. The second kappa shape index (κ2) is 8.03. The van der Waals surface area contributed by atoms with Gasteiger partial charge in [0.1, 0.15) is 0 Å². The monoisotopic (exact) mass is 365 g/mol. The molecule has 1 amide bonds. The molecule has 2 heterocycles. The highest BCUT2D eigenvalue weighted by molar-refractivity contribution is 5.94. The molecule has 0 bridgehead atoms. The summed E-state index contributed by atoms with van der Waals surface area (Å²) in [4.78, 5) is 14.1. The lowest BCUT2D eigenvalue weighted by atomic mass is 10.2. The fraction of sp³-hybridized carbons (Fsp3) is 0.353. The number of carbonyl (C=O) groups excluding carboxylic acids is 1. The van der Waals surface area contributed by atoms with Crippen LogP contribution in [-0.4, -0.2) is 42.3 Å². The summed E-state index contributed by atoms with van der Waals surface area (Å²) in [6.45, 7) is 2.43. The van der Waals surface area contributed by atoms with E-state index in [9.17, 15) is 18.0 Å². The molecule has 138 valence electrons. The number of halogens is 3. The molecule has 0 saturated carbocycles. The molecule has 0 unspecified atom stereocenters. The van der Waals surface area contributed by atoms with Gasteiger partial charge in [-0.15, -0.1) is 5.10 Å². The van der Waals surface area contributed by atoms with Gasteiger partial charge in [0.2, 0.25) is 0 Å². The largest absolute Gasteiger partial charge is 0.370 e. The zero-order valence-electron chi connectivity index (χ0n) is 13.9. The van der Waals surface area contributed by atoms with Gasteiger partial charge in [0.05, 0.1) is 17.4 Å². The molecular formula is C17H18F3N5O. The second-order valence-electron chi connectivity index (χ2n) is 5.90. The van der Waals surface area contributed by atoms with Gasteiger partial charge >= 0.3 is 0 Å². The lowest BCUT2D eigenvalue weighted by Crippen LogP contribution is -2.30. The SMILES string of the molecule is O=C(NCCNc1cc(N2CCCC2)cnn1)c1ccc(F)c(F)c1F. The highest BCUT2D eigenvalue weighted by Gasteiger charge is 2.18. The van der Waals surface area contributed by atoms with Crippen LogP contribution in [0.4, 0.5) is 24.7 Å². The fourth-order valence-electron chi connectivity index (χ4n) is 2.75. The zero-order chi connectivity index (χ0) is 18.5. The minimum absolute atomic E-state index is 0.146. The van der Waals surface area contributed by atoms with E-state index in [-0.39, 0.29) is 6.54 Å². The Hall–Kier alpha value is -2.84. The number of hydrogen-bond donors (Lipinski definition) is 2. The minimum Gasteiger partial charge on any atom is -0.370 e. The maximum atomic E-state index is 13.6. The topological polar surface area (TPSA) is 70.2 Å². The molecule has 6 nitrogen and oxygen atoms in total. The van der Waals surface area contributed by atoms with Crippen LogP contribution in [-0.2, 0) is 0 Å². The van der Waals surface area contributed by atoms with Crippen LogP contribution in [0.5, 0.6) is 0 Å². The Labute approximate surface area is 148 Å². The molecule has 9 heteroatoms. The summed E-state index contributed by atoms with van der Waals surface area (Å²) < 4.78 is 39.6. The Balaban J connectivity index is 1.50. The molecule has 1 aliphatic heterocycles. The molecular weight excluding hydrogens is 347 g/mol. The van der Waals surface area contributed by atoms with Gasteiger partial charge in [0.15, 0.2) is 23.3 Å². The zero-order valence-corrected chi connectivity index (χ0v) is 13.9. The van der Waals surface area contributed by atoms with E-state index in [0.29, 0.717) is 18.4 Å². The van der Waals surface area contributed by atoms with E-state index in [1.165, 1.54) is 0 Å². The summed E-state index contributed by atoms with van der Waals surface area (Å²) >= 11 is 0. The van der Waals surface area contributed by atoms with Gasteiger partial charge < -0.3 is 15.5 Å². The van der Waals surface area contributed by atoms with Crippen molar-refractivity contribution < 1.29 is 18.0 Å². The number of carbonyl (C=O) groups is 1. The highest BCUT2D eigenvalue weighted by atomic mass is 19.2. The van der Waals surface area contributed by atoms with Gasteiger partial charge in [0.25, 0.3) is 5.91 Å². The smallest absolute Gasteiger partial charge is 0.254 e. The predicted molar refractivity (Wildman–Crippen MR) is 90.6 cm³/mol. The van der Waals surface area contributed by atoms with Crippen LogP contribution in [0, 0.1) is 17.5 Å². The van der Waals surface area contributed by atoms with Gasteiger partial charge in [-0.05, 0) is 25.0 Å². The second-order valence-corrected chi connectivity index (χ2v) is 5.90. The Morgan fingerprint density at radius 1 is 1.12 bits per heavy atom. The first-order valence-corrected chi connectivity index (χ1v) is 8.29. The third-order valence-corrected chi connectivity index (χ3v) is 4.11. The molecule has 0 aliphatic carbocycles. The molecule has 0 atom stereocenters. The molecule has 3 rings (SSSR count). The minimum atomic E-state index is -1.66. The van der Waals surface area contributed by atoms with Gasteiger partial charge in [-0.25, -0.2) is 13.2 Å². The van der Waals surface area contributed by atoms with Gasteiger partial charge in [-0.3, -0.25) is 4.79 Å². The van der Waals surface area contributed by atoms with Crippen molar-refractivity contribution in [3.8, 4) is 0 Å². The van der Waals surface area contributed by atoms with Crippen molar-refractivity contribution in [2.75, 3.05) is 36.4 Å². The average Bonchev–Trinajstić information content (AvgIpc) is 3.18. The number of aromatic nitrogens is 2. The summed E-state index contributed by atoms with van der Waals surface area (Å²) in [6, 6.07) is 3.49. The van der Waals surface area contributed by atoms with Crippen LogP contribution >= 0.6 is 0 Å². The number of anilines is 2. The molecule has 0 radical (unpaired) electrons. The normalized spacial score (nSPS) is 13.7. The Morgan fingerprint density at radius 2 is 1.88 bits per heavy atom. The third-order valence-electron chi connectivity index (χ3n) is 4.11. The summed E-state index contributed by atoms with van der Waals surface area (Å²) in [5, 5.41) is 13.4. The molecule has 26 heavy (non-hydrogen) atoms. The average molecular weight is 365 g/mol. The Kier molecular flexibility index (Phi) is 5.55. The predicted octanol–water partition coefficient (Wildman–Crippen LogP) is 2.34. The first-order chi connectivity index (χ1) is 12.6. The molecule has 1 fully saturated rings. The van der Waals surface area contributed by atoms with E-state index in [1.807, 2.05) is 6.07 Å². The summed E-state index contributed by atoms with van der Waals surface area (Å²) in [7, 11) is 0. The highest BCUT2D eigenvalue weighted by Crippen LogP contribution is 2.20. The molecule has 2 aromatic rings. The van der Waals surface area contributed by atoms with Gasteiger partial charge in [-0.1, -0.05) is 0 Å². The van der Waals surface area contributed by atoms with E-state index < -0.39 is 28.9 Å². The van der Waals surface area contributed by atoms with Crippen LogP contribution in [0.3, 0.4) is 0 Å². The first kappa shape index (κ1) is 18.0. The summed E-state index contributed by atoms with van der Waals surface area (Å²) in [5.41, 5.74) is 0.438. The molecule has 1 saturated heterocycles. The van der Waals surface area contributed by atoms with Gasteiger partial charge in [-0.2, -0.15) is 5.10 Å². The molecule has 1 aromatic carbocycles. The Morgan fingerprint density at radius 3 is 2.65 bits per heavy atom. The van der Waals surface area contributed by atoms with Crippen molar-refractivity contribution in [2.24, 2.45) is 0 Å². The molecule has 1 aliphatic rings. The number of nitrogens with zero attached hydrogens (tertiary/aromatic N) is 3. The number of amides is 1. The number of nitrogens with one attached hydrogen (secondary N) is 2. The van der Waals surface area contributed by atoms with Crippen LogP contribution in [0.25, 0.3) is 0 Å². The number of hydrogen-bond acceptors (Lipinski definition) is 5. The van der Waals surface area contributed by atoms with Crippen LogP contribution < -0.4 is 15.5 Å². The third kappa shape index (κ3) is 4.04. The lowest BCUT2D eigenvalue weighted by Gasteiger charge is -2.17. The van der Waals surface area contributed by atoms with E-state index in [2.05, 4.69) is 25.7 Å². The van der Waals surface area contributed by atoms with Crippen molar-refractivity contribution in [3.63, 3.8) is 0 Å². The maximum Gasteiger partial charge on any atom is 0.254 e. The van der Waals surface area contributed by atoms with Crippen molar-refractivity contribution in [1.82, 2.24) is 15.5 Å². The molecule has 0 spiro atoms. The van der Waals surface area contributed by atoms with E-state index in [0.717, 1.165) is 37.7 Å². The quantitative estimate of drug-likeness (QED) is 0.607. The van der Waals surface area contributed by atoms with Crippen molar-refractivity contribution in [3.05, 3.63) is 47.4 Å². The van der Waals surface area contributed by atoms with E-state index in [4.69, 9.17) is 0 Å². The summed E-state index contributed by atoms with van der Waals surface area (Å²) in [5.74, 6) is -4.76. The van der Waals surface area contributed by atoms with Crippen molar-refractivity contribution >= 4 is 17.4 Å². The molecule has 2 N–H and O–H groups in total. The fourth-order valence-corrected chi connectivity index (χ4v) is 2.75. The van der Waals surface area contributed by atoms with E-state index >= 15 is 0 Å². The maximum absolute atomic E-state index is 13.6. The van der Waals surface area contributed by atoms with Crippen LogP contribution in [0.2, 0.25) is 0 Å². The number of benzene rings is 1. The Bertz CT molecular complexity index is 796. The van der Waals surface area contributed by atoms with Crippen LogP contribution in [0.1, 0.15) is 23.2 Å². The van der Waals surface area contributed by atoms with Gasteiger partial charge in [0, 0.05) is 32.2 Å². The lowest BCUT2D eigenvalue weighted by molar-refractivity contribution is 0.0950. The van der Waals surface area contributed by atoms with Crippen molar-refractivity contribution in [1.29, 1.82) is 0 Å². The summed E-state index contributed by atoms with van der Waals surface area (Å²) in [6.07, 6.45) is 4.00. The van der Waals surface area contributed by atoms with Crippen LogP contribution in [0.15, 0.2) is 24.4 Å².